The SMILES string of the molecule is CC1CCN2CCC(C)(C)c3c2c1cc1cc2c(oc31)c(C#N)c(=N)n1c3ccccc3nc21. The zero-order valence-corrected chi connectivity index (χ0v) is 19.6. The number of rotatable bonds is 0. The van der Waals surface area contributed by atoms with Crippen molar-refractivity contribution in [2.75, 3.05) is 18.0 Å². The van der Waals surface area contributed by atoms with Gasteiger partial charge in [0, 0.05) is 29.7 Å². The normalized spacial score (nSPS) is 19.1. The van der Waals surface area contributed by atoms with Crippen molar-refractivity contribution in [3.63, 3.8) is 0 Å². The van der Waals surface area contributed by atoms with E-state index in [4.69, 9.17) is 14.8 Å². The van der Waals surface area contributed by atoms with Crippen LogP contribution in [0.25, 0.3) is 38.6 Å². The number of fused-ring (bicyclic) bond motifs is 7. The van der Waals surface area contributed by atoms with E-state index in [0.717, 1.165) is 53.3 Å². The molecule has 0 bridgehead atoms. The minimum Gasteiger partial charge on any atom is -0.454 e. The monoisotopic (exact) mass is 447 g/mol. The smallest absolute Gasteiger partial charge is 0.160 e. The van der Waals surface area contributed by atoms with E-state index >= 15 is 0 Å². The summed E-state index contributed by atoms with van der Waals surface area (Å²) in [6.07, 6.45) is 2.21. The van der Waals surface area contributed by atoms with Crippen LogP contribution in [-0.4, -0.2) is 22.5 Å². The molecule has 7 rings (SSSR count). The van der Waals surface area contributed by atoms with Crippen molar-refractivity contribution in [3.8, 4) is 6.07 Å². The number of anilines is 1. The number of aromatic nitrogens is 2. The minimum atomic E-state index is -0.0446. The number of pyridine rings is 1. The van der Waals surface area contributed by atoms with Crippen LogP contribution in [0.15, 0.2) is 40.8 Å². The number of nitrogens with zero attached hydrogens (tertiary/aromatic N) is 4. The van der Waals surface area contributed by atoms with Gasteiger partial charge < -0.3 is 9.32 Å². The van der Waals surface area contributed by atoms with E-state index in [9.17, 15) is 5.26 Å². The van der Waals surface area contributed by atoms with Gasteiger partial charge >= 0.3 is 0 Å². The number of benzene rings is 2. The third kappa shape index (κ3) is 2.34. The third-order valence-electron chi connectivity index (χ3n) is 8.02. The summed E-state index contributed by atoms with van der Waals surface area (Å²) in [6.45, 7) is 9.03. The molecule has 3 aromatic heterocycles. The second kappa shape index (κ2) is 6.38. The van der Waals surface area contributed by atoms with Crippen molar-refractivity contribution in [1.82, 2.24) is 9.38 Å². The Balaban J connectivity index is 1.72. The summed E-state index contributed by atoms with van der Waals surface area (Å²) in [5.74, 6) is 0.485. The molecule has 0 spiro atoms. The lowest BCUT2D eigenvalue weighted by atomic mass is 9.73. The fourth-order valence-corrected chi connectivity index (χ4v) is 6.12. The summed E-state index contributed by atoms with van der Waals surface area (Å²) in [5, 5.41) is 20.8. The molecule has 0 saturated heterocycles. The van der Waals surface area contributed by atoms with Gasteiger partial charge in [-0.15, -0.1) is 0 Å². The standard InChI is InChI=1S/C28H25N5O/c1-15-8-10-32-11-9-28(2,3)22-23(32)17(15)12-16-13-18-25(34-24(16)22)19(14-29)26(30)33-21-7-5-4-6-20(21)31-27(18)33/h4-7,12-13,15,30H,8-11H2,1-3H3. The Bertz CT molecular complexity index is 1800. The molecular weight excluding hydrogens is 422 g/mol. The van der Waals surface area contributed by atoms with Crippen LogP contribution in [0.4, 0.5) is 5.69 Å². The first-order valence-corrected chi connectivity index (χ1v) is 12.0. The van der Waals surface area contributed by atoms with Gasteiger partial charge in [-0.25, -0.2) is 4.98 Å². The van der Waals surface area contributed by atoms with Crippen LogP contribution >= 0.6 is 0 Å². The Morgan fingerprint density at radius 3 is 2.82 bits per heavy atom. The molecule has 34 heavy (non-hydrogen) atoms. The Labute approximate surface area is 196 Å². The average Bonchev–Trinajstić information content (AvgIpc) is 3.22. The minimum absolute atomic E-state index is 0.0446. The first kappa shape index (κ1) is 19.6. The number of nitrogens with one attached hydrogen (secondary N) is 1. The van der Waals surface area contributed by atoms with Crippen molar-refractivity contribution in [2.45, 2.75) is 44.9 Å². The van der Waals surface area contributed by atoms with Crippen LogP contribution in [0.2, 0.25) is 0 Å². The Morgan fingerprint density at radius 1 is 1.18 bits per heavy atom. The highest BCUT2D eigenvalue weighted by atomic mass is 16.3. The molecule has 2 aromatic carbocycles. The Hall–Kier alpha value is -3.85. The number of nitriles is 1. The lowest BCUT2D eigenvalue weighted by molar-refractivity contribution is 0.435. The predicted octanol–water partition coefficient (Wildman–Crippen LogP) is 5.73. The van der Waals surface area contributed by atoms with Gasteiger partial charge in [-0.05, 0) is 54.0 Å². The van der Waals surface area contributed by atoms with Gasteiger partial charge in [-0.2, -0.15) is 5.26 Å². The fourth-order valence-electron chi connectivity index (χ4n) is 6.12. The van der Waals surface area contributed by atoms with Gasteiger partial charge in [0.15, 0.2) is 16.7 Å². The highest BCUT2D eigenvalue weighted by Gasteiger charge is 2.39. The molecule has 0 fully saturated rings. The van der Waals surface area contributed by atoms with E-state index in [1.165, 1.54) is 16.8 Å². The third-order valence-corrected chi connectivity index (χ3v) is 8.02. The lowest BCUT2D eigenvalue weighted by Crippen LogP contribution is -2.41. The van der Waals surface area contributed by atoms with E-state index in [0.29, 0.717) is 17.1 Å². The van der Waals surface area contributed by atoms with Crippen LogP contribution in [0, 0.1) is 16.7 Å². The molecule has 0 amide bonds. The molecule has 168 valence electrons. The van der Waals surface area contributed by atoms with E-state index in [1.807, 2.05) is 24.3 Å². The predicted molar refractivity (Wildman–Crippen MR) is 133 cm³/mol. The summed E-state index contributed by atoms with van der Waals surface area (Å²) in [7, 11) is 0. The molecule has 5 heterocycles. The highest BCUT2D eigenvalue weighted by Crippen LogP contribution is 2.50. The summed E-state index contributed by atoms with van der Waals surface area (Å²) in [4.78, 5) is 7.36. The fraction of sp³-hybridized carbons (Fsp3) is 0.321. The summed E-state index contributed by atoms with van der Waals surface area (Å²) in [6, 6.07) is 14.4. The number of imidazole rings is 1. The first-order valence-electron chi connectivity index (χ1n) is 12.0. The highest BCUT2D eigenvalue weighted by molar-refractivity contribution is 6.04. The van der Waals surface area contributed by atoms with Gasteiger partial charge in [0.25, 0.3) is 0 Å². The molecule has 0 saturated carbocycles. The number of para-hydroxylation sites is 2. The van der Waals surface area contributed by atoms with E-state index in [1.54, 1.807) is 4.40 Å². The van der Waals surface area contributed by atoms with Gasteiger partial charge in [-0.3, -0.25) is 9.81 Å². The molecular formula is C28H25N5O. The maximum atomic E-state index is 10.1. The molecule has 1 atom stereocenters. The Morgan fingerprint density at radius 2 is 2.00 bits per heavy atom. The second-order valence-corrected chi connectivity index (χ2v) is 10.5. The average molecular weight is 448 g/mol. The van der Waals surface area contributed by atoms with Crippen molar-refractivity contribution in [1.29, 1.82) is 10.7 Å². The Kier molecular flexibility index (Phi) is 3.68. The molecule has 0 radical (unpaired) electrons. The molecule has 2 aliphatic heterocycles. The summed E-state index contributed by atoms with van der Waals surface area (Å²) < 4.78 is 8.44. The van der Waals surface area contributed by atoms with E-state index in [2.05, 4.69) is 43.9 Å². The topological polar surface area (TPSA) is 81.3 Å². The summed E-state index contributed by atoms with van der Waals surface area (Å²) in [5.41, 5.74) is 7.85. The quantitative estimate of drug-likeness (QED) is 0.307. The van der Waals surface area contributed by atoms with Crippen LogP contribution in [-0.2, 0) is 5.41 Å². The number of hydrogen-bond acceptors (Lipinski definition) is 5. The van der Waals surface area contributed by atoms with Crippen molar-refractivity contribution < 1.29 is 4.42 Å². The molecule has 1 N–H and O–H groups in total. The maximum absolute atomic E-state index is 10.1. The van der Waals surface area contributed by atoms with Crippen LogP contribution in [0.3, 0.4) is 0 Å². The van der Waals surface area contributed by atoms with Crippen molar-refractivity contribution >= 4 is 44.3 Å². The van der Waals surface area contributed by atoms with E-state index in [-0.39, 0.29) is 16.5 Å². The molecule has 1 unspecified atom stereocenters. The molecule has 0 aliphatic carbocycles. The van der Waals surface area contributed by atoms with Gasteiger partial charge in [0.2, 0.25) is 0 Å². The zero-order chi connectivity index (χ0) is 23.4. The van der Waals surface area contributed by atoms with Crippen molar-refractivity contribution in [2.24, 2.45) is 0 Å². The van der Waals surface area contributed by atoms with Crippen LogP contribution in [0.1, 0.15) is 56.2 Å². The summed E-state index contributed by atoms with van der Waals surface area (Å²) >= 11 is 0. The maximum Gasteiger partial charge on any atom is 0.160 e. The van der Waals surface area contributed by atoms with Crippen LogP contribution < -0.4 is 10.4 Å². The zero-order valence-electron chi connectivity index (χ0n) is 19.6. The second-order valence-electron chi connectivity index (χ2n) is 10.5. The van der Waals surface area contributed by atoms with Gasteiger partial charge in [-0.1, -0.05) is 32.9 Å². The van der Waals surface area contributed by atoms with E-state index < -0.39 is 0 Å². The van der Waals surface area contributed by atoms with Crippen molar-refractivity contribution in [3.05, 3.63) is 58.6 Å². The van der Waals surface area contributed by atoms with Crippen LogP contribution in [0.5, 0.6) is 0 Å². The lowest BCUT2D eigenvalue weighted by Gasteiger charge is -2.45. The largest absolute Gasteiger partial charge is 0.454 e. The molecule has 5 aromatic rings. The first-order chi connectivity index (χ1) is 16.4. The number of hydrogen-bond donors (Lipinski definition) is 1. The van der Waals surface area contributed by atoms with Gasteiger partial charge in [0.05, 0.1) is 16.4 Å². The van der Waals surface area contributed by atoms with Gasteiger partial charge in [0.1, 0.15) is 17.2 Å². The molecule has 6 heteroatoms. The molecule has 2 aliphatic rings. The molecule has 6 nitrogen and oxygen atoms in total.